The van der Waals surface area contributed by atoms with Gasteiger partial charge in [0.05, 0.1) is 18.8 Å². The first-order chi connectivity index (χ1) is 9.15. The number of rotatable bonds is 6. The average molecular weight is 264 g/mol. The van der Waals surface area contributed by atoms with Crippen LogP contribution in [0.2, 0.25) is 0 Å². The Morgan fingerprint density at radius 1 is 1.21 bits per heavy atom. The largest absolute Gasteiger partial charge is 0.464 e. The SMILES string of the molecule is CCOC(=O)c1ccccc1C(N=N)C(=O)OCC. The molecule has 1 aromatic carbocycles. The third-order valence-corrected chi connectivity index (χ3v) is 2.39. The van der Waals surface area contributed by atoms with Gasteiger partial charge in [0.1, 0.15) is 0 Å². The molecule has 19 heavy (non-hydrogen) atoms. The van der Waals surface area contributed by atoms with E-state index in [1.807, 2.05) is 0 Å². The fourth-order valence-corrected chi connectivity index (χ4v) is 1.60. The Labute approximate surface area is 111 Å². The molecule has 0 saturated carbocycles. The van der Waals surface area contributed by atoms with Crippen LogP contribution in [0.15, 0.2) is 29.4 Å². The predicted molar refractivity (Wildman–Crippen MR) is 66.9 cm³/mol. The van der Waals surface area contributed by atoms with Crippen LogP contribution in [-0.2, 0) is 14.3 Å². The number of hydrogen-bond acceptors (Lipinski definition) is 6. The van der Waals surface area contributed by atoms with Gasteiger partial charge >= 0.3 is 11.9 Å². The first-order valence-corrected chi connectivity index (χ1v) is 5.94. The summed E-state index contributed by atoms with van der Waals surface area (Å²) in [6.45, 7) is 3.77. The molecule has 0 aliphatic carbocycles. The Morgan fingerprint density at radius 3 is 2.42 bits per heavy atom. The Morgan fingerprint density at radius 2 is 1.84 bits per heavy atom. The summed E-state index contributed by atoms with van der Waals surface area (Å²) >= 11 is 0. The molecular formula is C13H16N2O4. The third kappa shape index (κ3) is 3.61. The first kappa shape index (κ1) is 14.8. The summed E-state index contributed by atoms with van der Waals surface area (Å²) in [6.07, 6.45) is 0. The maximum atomic E-state index is 11.8. The Balaban J connectivity index is 3.13. The summed E-state index contributed by atoms with van der Waals surface area (Å²) in [5, 5.41) is 3.25. The van der Waals surface area contributed by atoms with Gasteiger partial charge in [-0.2, -0.15) is 5.11 Å². The highest BCUT2D eigenvalue weighted by Gasteiger charge is 2.26. The van der Waals surface area contributed by atoms with Gasteiger partial charge in [-0.3, -0.25) is 0 Å². The lowest BCUT2D eigenvalue weighted by Gasteiger charge is -2.13. The number of carbonyl (C=O) groups excluding carboxylic acids is 2. The minimum absolute atomic E-state index is 0.187. The second kappa shape index (κ2) is 7.25. The number of carbonyl (C=O) groups is 2. The highest BCUT2D eigenvalue weighted by Crippen LogP contribution is 2.23. The molecule has 0 aromatic heterocycles. The molecule has 6 heteroatoms. The lowest BCUT2D eigenvalue weighted by Crippen LogP contribution is -2.17. The van der Waals surface area contributed by atoms with Crippen molar-refractivity contribution in [1.29, 1.82) is 5.53 Å². The molecule has 0 saturated heterocycles. The first-order valence-electron chi connectivity index (χ1n) is 5.94. The second-order valence-corrected chi connectivity index (χ2v) is 3.59. The van der Waals surface area contributed by atoms with Crippen LogP contribution in [0, 0.1) is 5.53 Å². The molecule has 0 fully saturated rings. The highest BCUT2D eigenvalue weighted by molar-refractivity contribution is 5.93. The number of benzene rings is 1. The molecule has 0 radical (unpaired) electrons. The van der Waals surface area contributed by atoms with Crippen LogP contribution in [0.1, 0.15) is 35.8 Å². The van der Waals surface area contributed by atoms with Gasteiger partial charge in [-0.25, -0.2) is 15.1 Å². The summed E-state index contributed by atoms with van der Waals surface area (Å²) in [4.78, 5) is 23.5. The van der Waals surface area contributed by atoms with E-state index in [2.05, 4.69) is 5.11 Å². The van der Waals surface area contributed by atoms with E-state index < -0.39 is 18.0 Å². The molecule has 1 atom stereocenters. The van der Waals surface area contributed by atoms with Crippen molar-refractivity contribution >= 4 is 11.9 Å². The van der Waals surface area contributed by atoms with Gasteiger partial charge in [0.15, 0.2) is 6.04 Å². The van der Waals surface area contributed by atoms with E-state index in [1.165, 1.54) is 6.07 Å². The van der Waals surface area contributed by atoms with Crippen molar-refractivity contribution in [2.45, 2.75) is 19.9 Å². The van der Waals surface area contributed by atoms with Gasteiger partial charge in [-0.15, -0.1) is 0 Å². The fraction of sp³-hybridized carbons (Fsp3) is 0.385. The molecule has 0 bridgehead atoms. The molecule has 1 N–H and O–H groups in total. The summed E-state index contributed by atoms with van der Waals surface area (Å²) < 4.78 is 9.75. The predicted octanol–water partition coefficient (Wildman–Crippen LogP) is 2.50. The smallest absolute Gasteiger partial charge is 0.338 e. The number of hydrogen-bond donors (Lipinski definition) is 1. The Hall–Kier alpha value is -2.24. The zero-order chi connectivity index (χ0) is 14.3. The number of ether oxygens (including phenoxy) is 2. The minimum Gasteiger partial charge on any atom is -0.464 e. The average Bonchev–Trinajstić information content (AvgIpc) is 2.41. The van der Waals surface area contributed by atoms with Crippen molar-refractivity contribution in [2.24, 2.45) is 5.11 Å². The number of nitrogens with one attached hydrogen (secondary N) is 1. The van der Waals surface area contributed by atoms with Gasteiger partial charge in [0.25, 0.3) is 0 Å². The van der Waals surface area contributed by atoms with E-state index >= 15 is 0 Å². The quantitative estimate of drug-likeness (QED) is 0.631. The van der Waals surface area contributed by atoms with Crippen LogP contribution in [0.5, 0.6) is 0 Å². The van der Waals surface area contributed by atoms with Crippen molar-refractivity contribution in [3.05, 3.63) is 35.4 Å². The Kier molecular flexibility index (Phi) is 5.66. The zero-order valence-electron chi connectivity index (χ0n) is 10.9. The second-order valence-electron chi connectivity index (χ2n) is 3.59. The van der Waals surface area contributed by atoms with Gasteiger partial charge in [-0.05, 0) is 19.9 Å². The number of nitrogens with zero attached hydrogens (tertiary/aromatic N) is 1. The lowest BCUT2D eigenvalue weighted by molar-refractivity contribution is -0.144. The number of esters is 2. The van der Waals surface area contributed by atoms with Crippen LogP contribution in [0.4, 0.5) is 0 Å². The molecule has 0 aliphatic heterocycles. The standard InChI is InChI=1S/C13H16N2O4/c1-3-18-12(16)10-8-6-5-7-9(10)11(15-14)13(17)19-4-2/h5-8,11,14H,3-4H2,1-2H3. The van der Waals surface area contributed by atoms with Gasteiger partial charge in [-0.1, -0.05) is 18.2 Å². The lowest BCUT2D eigenvalue weighted by atomic mass is 10.0. The van der Waals surface area contributed by atoms with Crippen molar-refractivity contribution in [3.8, 4) is 0 Å². The minimum atomic E-state index is -1.14. The molecule has 6 nitrogen and oxygen atoms in total. The van der Waals surface area contributed by atoms with Crippen molar-refractivity contribution in [3.63, 3.8) is 0 Å². The summed E-state index contributed by atoms with van der Waals surface area (Å²) in [5.41, 5.74) is 7.65. The zero-order valence-corrected chi connectivity index (χ0v) is 10.9. The third-order valence-electron chi connectivity index (χ3n) is 2.39. The van der Waals surface area contributed by atoms with E-state index in [-0.39, 0.29) is 18.8 Å². The van der Waals surface area contributed by atoms with Crippen LogP contribution in [-0.4, -0.2) is 25.2 Å². The maximum Gasteiger partial charge on any atom is 0.338 e. The van der Waals surface area contributed by atoms with Crippen LogP contribution in [0.25, 0.3) is 0 Å². The Bertz CT molecular complexity index is 473. The van der Waals surface area contributed by atoms with Crippen molar-refractivity contribution in [2.75, 3.05) is 13.2 Å². The topological polar surface area (TPSA) is 88.8 Å². The van der Waals surface area contributed by atoms with Crippen LogP contribution >= 0.6 is 0 Å². The molecule has 0 spiro atoms. The van der Waals surface area contributed by atoms with Gasteiger partial charge < -0.3 is 9.47 Å². The van der Waals surface area contributed by atoms with Crippen molar-refractivity contribution in [1.82, 2.24) is 0 Å². The molecule has 0 aliphatic rings. The molecule has 1 aromatic rings. The summed E-state index contributed by atoms with van der Waals surface area (Å²) in [6, 6.07) is 5.27. The molecular weight excluding hydrogens is 248 g/mol. The van der Waals surface area contributed by atoms with Gasteiger partial charge in [0, 0.05) is 5.56 Å². The van der Waals surface area contributed by atoms with E-state index in [0.29, 0.717) is 5.56 Å². The molecule has 1 unspecified atom stereocenters. The maximum absolute atomic E-state index is 11.8. The van der Waals surface area contributed by atoms with Crippen LogP contribution in [0.3, 0.4) is 0 Å². The van der Waals surface area contributed by atoms with E-state index in [1.54, 1.807) is 32.0 Å². The molecule has 0 heterocycles. The summed E-state index contributed by atoms with van der Waals surface area (Å²) in [7, 11) is 0. The van der Waals surface area contributed by atoms with Crippen LogP contribution < -0.4 is 0 Å². The fourth-order valence-electron chi connectivity index (χ4n) is 1.60. The molecule has 1 rings (SSSR count). The summed E-state index contributed by atoms with van der Waals surface area (Å²) in [5.74, 6) is -1.20. The van der Waals surface area contributed by atoms with E-state index in [9.17, 15) is 9.59 Å². The van der Waals surface area contributed by atoms with E-state index in [4.69, 9.17) is 15.0 Å². The van der Waals surface area contributed by atoms with Gasteiger partial charge in [0.2, 0.25) is 0 Å². The monoisotopic (exact) mass is 264 g/mol. The van der Waals surface area contributed by atoms with E-state index in [0.717, 1.165) is 0 Å². The normalized spacial score (nSPS) is 11.5. The highest BCUT2D eigenvalue weighted by atomic mass is 16.5. The molecule has 0 amide bonds. The molecule has 102 valence electrons. The van der Waals surface area contributed by atoms with Crippen molar-refractivity contribution < 1.29 is 19.1 Å².